The second-order valence-electron chi connectivity index (χ2n) is 5.45. The van der Waals surface area contributed by atoms with Gasteiger partial charge in [0.15, 0.2) is 15.6 Å². The summed E-state index contributed by atoms with van der Waals surface area (Å²) < 4.78 is 29.9. The molecule has 0 atom stereocenters. The Morgan fingerprint density at radius 1 is 1.18 bits per heavy atom. The van der Waals surface area contributed by atoms with E-state index in [1.54, 1.807) is 18.2 Å². The van der Waals surface area contributed by atoms with Crippen LogP contribution in [0.25, 0.3) is 0 Å². The zero-order valence-corrected chi connectivity index (χ0v) is 13.4. The highest BCUT2D eigenvalue weighted by atomic mass is 32.2. The molecule has 5 nitrogen and oxygen atoms in total. The predicted molar refractivity (Wildman–Crippen MR) is 83.2 cm³/mol. The first-order valence-corrected chi connectivity index (χ1v) is 8.68. The topological polar surface area (TPSA) is 76.4 Å². The number of rotatable bonds is 6. The molecule has 2 aromatic rings. The second-order valence-corrected chi connectivity index (χ2v) is 7.44. The van der Waals surface area contributed by atoms with E-state index in [0.717, 1.165) is 0 Å². The number of amides is 1. The largest absolute Gasteiger partial charge is 0.459 e. The normalized spacial score (nSPS) is 11.6. The molecule has 0 aliphatic rings. The molecule has 1 heterocycles. The predicted octanol–water partition coefficient (Wildman–Crippen LogP) is 2.64. The first kappa shape index (κ1) is 16.3. The number of nitrogens with one attached hydrogen (secondary N) is 1. The van der Waals surface area contributed by atoms with Crippen molar-refractivity contribution < 1.29 is 17.6 Å². The van der Waals surface area contributed by atoms with Crippen molar-refractivity contribution in [3.8, 4) is 0 Å². The highest BCUT2D eigenvalue weighted by molar-refractivity contribution is 7.90. The Balaban J connectivity index is 2.18. The fourth-order valence-corrected chi connectivity index (χ4v) is 3.32. The fraction of sp³-hybridized carbons (Fsp3) is 0.312. The molecule has 0 aliphatic heterocycles. The quantitative estimate of drug-likeness (QED) is 0.887. The first-order chi connectivity index (χ1) is 10.4. The molecule has 6 heteroatoms. The van der Waals surface area contributed by atoms with Gasteiger partial charge in [-0.1, -0.05) is 32.0 Å². The molecule has 0 aliphatic carbocycles. The van der Waals surface area contributed by atoms with Crippen LogP contribution in [0.4, 0.5) is 0 Å². The highest BCUT2D eigenvalue weighted by Gasteiger charge is 2.22. The number of hydrogen-bond acceptors (Lipinski definition) is 4. The van der Waals surface area contributed by atoms with Gasteiger partial charge in [-0.3, -0.25) is 4.79 Å². The van der Waals surface area contributed by atoms with Crippen LogP contribution in [-0.2, 0) is 15.6 Å². The van der Waals surface area contributed by atoms with Gasteiger partial charge in [-0.15, -0.1) is 0 Å². The summed E-state index contributed by atoms with van der Waals surface area (Å²) in [4.78, 5) is 12.3. The lowest BCUT2D eigenvalue weighted by atomic mass is 10.2. The lowest BCUT2D eigenvalue weighted by Crippen LogP contribution is -2.27. The second kappa shape index (κ2) is 6.79. The molecule has 1 amide bonds. The van der Waals surface area contributed by atoms with Gasteiger partial charge >= 0.3 is 0 Å². The average molecular weight is 321 g/mol. The Hall–Kier alpha value is -2.08. The number of carbonyl (C=O) groups is 1. The van der Waals surface area contributed by atoms with Gasteiger partial charge in [-0.2, -0.15) is 0 Å². The summed E-state index contributed by atoms with van der Waals surface area (Å²) in [7, 11) is -3.51. The summed E-state index contributed by atoms with van der Waals surface area (Å²) in [5, 5.41) is 2.72. The molecular weight excluding hydrogens is 302 g/mol. The Bertz CT molecular complexity index is 733. The van der Waals surface area contributed by atoms with E-state index in [2.05, 4.69) is 5.32 Å². The van der Waals surface area contributed by atoms with Crippen LogP contribution in [-0.4, -0.2) is 20.9 Å². The van der Waals surface area contributed by atoms with Crippen molar-refractivity contribution in [1.29, 1.82) is 0 Å². The third-order valence-electron chi connectivity index (χ3n) is 3.07. The third-order valence-corrected chi connectivity index (χ3v) is 4.75. The van der Waals surface area contributed by atoms with Gasteiger partial charge in [0.05, 0.1) is 16.9 Å². The van der Waals surface area contributed by atoms with E-state index >= 15 is 0 Å². The number of benzene rings is 1. The van der Waals surface area contributed by atoms with Crippen LogP contribution < -0.4 is 5.32 Å². The van der Waals surface area contributed by atoms with Crippen molar-refractivity contribution in [1.82, 2.24) is 5.32 Å². The maximum Gasteiger partial charge on any atom is 0.287 e. The molecular formula is C16H19NO4S. The molecule has 0 unspecified atom stereocenters. The van der Waals surface area contributed by atoms with Crippen LogP contribution in [0.5, 0.6) is 0 Å². The van der Waals surface area contributed by atoms with Gasteiger partial charge in [0.2, 0.25) is 0 Å². The molecule has 22 heavy (non-hydrogen) atoms. The number of carbonyl (C=O) groups excluding carboxylic acids is 1. The molecule has 2 rings (SSSR count). The lowest BCUT2D eigenvalue weighted by Gasteiger charge is -2.08. The summed E-state index contributed by atoms with van der Waals surface area (Å²) in [6, 6.07) is 9.67. The molecule has 0 spiro atoms. The van der Waals surface area contributed by atoms with Crippen LogP contribution in [0, 0.1) is 5.92 Å². The van der Waals surface area contributed by atoms with Gasteiger partial charge in [-0.05, 0) is 24.1 Å². The lowest BCUT2D eigenvalue weighted by molar-refractivity contribution is 0.0920. The monoisotopic (exact) mass is 321 g/mol. The molecule has 0 bridgehead atoms. The van der Waals surface area contributed by atoms with Crippen LogP contribution in [0.2, 0.25) is 0 Å². The standard InChI is InChI=1S/C16H19NO4S/c1-12(2)10-17-16(18)15-13(8-9-21-15)11-22(19,20)14-6-4-3-5-7-14/h3-9,12H,10-11H2,1-2H3,(H,17,18). The zero-order valence-electron chi connectivity index (χ0n) is 12.6. The van der Waals surface area contributed by atoms with Crippen LogP contribution in [0.1, 0.15) is 30.0 Å². The summed E-state index contributed by atoms with van der Waals surface area (Å²) >= 11 is 0. The Morgan fingerprint density at radius 3 is 2.50 bits per heavy atom. The summed E-state index contributed by atoms with van der Waals surface area (Å²) in [6.45, 7) is 4.46. The van der Waals surface area contributed by atoms with Crippen molar-refractivity contribution >= 4 is 15.7 Å². The van der Waals surface area contributed by atoms with Crippen molar-refractivity contribution in [3.63, 3.8) is 0 Å². The molecule has 1 aromatic heterocycles. The highest BCUT2D eigenvalue weighted by Crippen LogP contribution is 2.19. The van der Waals surface area contributed by atoms with E-state index in [4.69, 9.17) is 4.42 Å². The summed E-state index contributed by atoms with van der Waals surface area (Å²) in [5.74, 6) is -0.301. The van der Waals surface area contributed by atoms with E-state index in [-0.39, 0.29) is 16.4 Å². The van der Waals surface area contributed by atoms with Gasteiger partial charge < -0.3 is 9.73 Å². The van der Waals surface area contributed by atoms with Gasteiger partial charge in [0, 0.05) is 12.1 Å². The number of furan rings is 1. The Morgan fingerprint density at radius 2 is 1.86 bits per heavy atom. The Kier molecular flexibility index (Phi) is 5.03. The summed E-state index contributed by atoms with van der Waals surface area (Å²) in [6.07, 6.45) is 1.33. The molecule has 118 valence electrons. The maximum absolute atomic E-state index is 12.4. The van der Waals surface area contributed by atoms with E-state index in [1.165, 1.54) is 24.5 Å². The minimum Gasteiger partial charge on any atom is -0.459 e. The number of hydrogen-bond donors (Lipinski definition) is 1. The van der Waals surface area contributed by atoms with E-state index in [0.29, 0.717) is 18.0 Å². The fourth-order valence-electron chi connectivity index (χ4n) is 1.94. The maximum atomic E-state index is 12.4. The van der Waals surface area contributed by atoms with Crippen molar-refractivity contribution in [2.24, 2.45) is 5.92 Å². The SMILES string of the molecule is CC(C)CNC(=O)c1occc1CS(=O)(=O)c1ccccc1. The van der Waals surface area contributed by atoms with Gasteiger partial charge in [-0.25, -0.2) is 8.42 Å². The van der Waals surface area contributed by atoms with Crippen LogP contribution in [0.3, 0.4) is 0 Å². The van der Waals surface area contributed by atoms with Gasteiger partial charge in [0.25, 0.3) is 5.91 Å². The van der Waals surface area contributed by atoms with E-state index < -0.39 is 15.7 Å². The zero-order chi connectivity index (χ0) is 16.2. The van der Waals surface area contributed by atoms with Crippen LogP contribution in [0.15, 0.2) is 52.0 Å². The minimum absolute atomic E-state index is 0.0557. The number of sulfone groups is 1. The Labute approximate surface area is 130 Å². The molecule has 0 radical (unpaired) electrons. The van der Waals surface area contributed by atoms with Gasteiger partial charge in [0.1, 0.15) is 0 Å². The van der Waals surface area contributed by atoms with E-state index in [9.17, 15) is 13.2 Å². The average Bonchev–Trinajstić information content (AvgIpc) is 2.93. The molecule has 1 aromatic carbocycles. The first-order valence-electron chi connectivity index (χ1n) is 7.02. The molecule has 0 saturated heterocycles. The third kappa shape index (κ3) is 3.98. The summed E-state index contributed by atoms with van der Waals surface area (Å²) in [5.41, 5.74) is 0.366. The molecule has 1 N–H and O–H groups in total. The van der Waals surface area contributed by atoms with E-state index in [1.807, 2.05) is 13.8 Å². The minimum atomic E-state index is -3.51. The van der Waals surface area contributed by atoms with Crippen LogP contribution >= 0.6 is 0 Å². The van der Waals surface area contributed by atoms with Crippen molar-refractivity contribution in [2.45, 2.75) is 24.5 Å². The molecule has 0 fully saturated rings. The molecule has 0 saturated carbocycles. The van der Waals surface area contributed by atoms with Crippen molar-refractivity contribution in [3.05, 3.63) is 54.0 Å². The smallest absolute Gasteiger partial charge is 0.287 e. The van der Waals surface area contributed by atoms with Crippen molar-refractivity contribution in [2.75, 3.05) is 6.54 Å².